The molecule has 0 unspecified atom stereocenters. The molecule has 146 valence electrons. The van der Waals surface area contributed by atoms with E-state index < -0.39 is 11.7 Å². The van der Waals surface area contributed by atoms with Gasteiger partial charge in [-0.1, -0.05) is 36.4 Å². The highest BCUT2D eigenvalue weighted by Crippen LogP contribution is 2.34. The summed E-state index contributed by atoms with van der Waals surface area (Å²) in [7, 11) is 0. The first-order chi connectivity index (χ1) is 14.1. The van der Waals surface area contributed by atoms with Crippen LogP contribution in [-0.2, 0) is 21.9 Å². The SMILES string of the molecule is O=C1C(Nc2cccc(F)c2)=C(SCc2ccco2)C(=O)N1Cc1ccccc1. The number of carbonyl (C=O) groups excluding carboxylic acids is 2. The number of imide groups is 1. The summed E-state index contributed by atoms with van der Waals surface area (Å²) in [5, 5.41) is 2.93. The Morgan fingerprint density at radius 3 is 2.52 bits per heavy atom. The molecule has 0 saturated carbocycles. The molecular formula is C22H17FN2O3S. The maximum atomic E-state index is 13.6. The summed E-state index contributed by atoms with van der Waals surface area (Å²) in [5.41, 5.74) is 1.39. The largest absolute Gasteiger partial charge is 0.468 e. The highest BCUT2D eigenvalue weighted by Gasteiger charge is 2.39. The lowest BCUT2D eigenvalue weighted by molar-refractivity contribution is -0.137. The number of thioether (sulfide) groups is 1. The fourth-order valence-electron chi connectivity index (χ4n) is 2.96. The molecule has 5 nitrogen and oxygen atoms in total. The van der Waals surface area contributed by atoms with Gasteiger partial charge in [-0.3, -0.25) is 14.5 Å². The molecule has 0 spiro atoms. The summed E-state index contributed by atoms with van der Waals surface area (Å²) < 4.78 is 18.9. The number of halogens is 1. The Labute approximate surface area is 171 Å². The average Bonchev–Trinajstić information content (AvgIpc) is 3.31. The number of furan rings is 1. The molecule has 3 aromatic rings. The van der Waals surface area contributed by atoms with E-state index in [4.69, 9.17) is 4.42 Å². The minimum absolute atomic E-state index is 0.146. The van der Waals surface area contributed by atoms with Crippen LogP contribution in [0.15, 0.2) is 88.0 Å². The van der Waals surface area contributed by atoms with Crippen LogP contribution in [0.4, 0.5) is 10.1 Å². The van der Waals surface area contributed by atoms with Crippen LogP contribution in [0.2, 0.25) is 0 Å². The van der Waals surface area contributed by atoms with Gasteiger partial charge in [0, 0.05) is 5.69 Å². The fraction of sp³-hybridized carbons (Fsp3) is 0.0909. The van der Waals surface area contributed by atoms with E-state index in [1.807, 2.05) is 30.3 Å². The molecule has 2 amide bonds. The van der Waals surface area contributed by atoms with Crippen molar-refractivity contribution < 1.29 is 18.4 Å². The van der Waals surface area contributed by atoms with Gasteiger partial charge < -0.3 is 9.73 Å². The van der Waals surface area contributed by atoms with Gasteiger partial charge in [-0.15, -0.1) is 11.8 Å². The van der Waals surface area contributed by atoms with E-state index in [2.05, 4.69) is 5.32 Å². The van der Waals surface area contributed by atoms with Crippen molar-refractivity contribution in [3.63, 3.8) is 0 Å². The van der Waals surface area contributed by atoms with Crippen molar-refractivity contribution in [3.8, 4) is 0 Å². The van der Waals surface area contributed by atoms with E-state index in [0.717, 1.165) is 5.56 Å². The highest BCUT2D eigenvalue weighted by molar-refractivity contribution is 8.03. The molecule has 1 aromatic heterocycles. The highest BCUT2D eigenvalue weighted by atomic mass is 32.2. The lowest BCUT2D eigenvalue weighted by atomic mass is 10.2. The lowest BCUT2D eigenvalue weighted by Gasteiger charge is -2.15. The Kier molecular flexibility index (Phi) is 5.48. The zero-order valence-electron chi connectivity index (χ0n) is 15.3. The predicted octanol–water partition coefficient (Wildman–Crippen LogP) is 4.54. The Morgan fingerprint density at radius 2 is 1.79 bits per heavy atom. The van der Waals surface area contributed by atoms with Gasteiger partial charge in [-0.05, 0) is 35.9 Å². The van der Waals surface area contributed by atoms with Gasteiger partial charge in [0.1, 0.15) is 22.2 Å². The van der Waals surface area contributed by atoms with Crippen LogP contribution in [0.3, 0.4) is 0 Å². The van der Waals surface area contributed by atoms with Gasteiger partial charge in [0.05, 0.1) is 18.6 Å². The number of hydrogen-bond acceptors (Lipinski definition) is 5. The fourth-order valence-corrected chi connectivity index (χ4v) is 3.92. The summed E-state index contributed by atoms with van der Waals surface area (Å²) in [5.74, 6) is -0.165. The molecule has 1 N–H and O–H groups in total. The second-order valence-electron chi connectivity index (χ2n) is 6.39. The monoisotopic (exact) mass is 408 g/mol. The van der Waals surface area contributed by atoms with Gasteiger partial charge in [-0.25, -0.2) is 4.39 Å². The molecule has 1 aliphatic rings. The second-order valence-corrected chi connectivity index (χ2v) is 7.38. The molecule has 4 rings (SSSR count). The molecule has 2 aromatic carbocycles. The number of hydrogen-bond donors (Lipinski definition) is 1. The van der Waals surface area contributed by atoms with Gasteiger partial charge in [0.2, 0.25) is 0 Å². The number of benzene rings is 2. The number of carbonyl (C=O) groups is 2. The Balaban J connectivity index is 1.62. The first-order valence-corrected chi connectivity index (χ1v) is 9.92. The van der Waals surface area contributed by atoms with Crippen LogP contribution >= 0.6 is 11.8 Å². The molecule has 0 saturated heterocycles. The van der Waals surface area contributed by atoms with Crippen molar-refractivity contribution in [1.29, 1.82) is 0 Å². The van der Waals surface area contributed by atoms with Crippen LogP contribution in [0, 0.1) is 5.82 Å². The van der Waals surface area contributed by atoms with E-state index >= 15 is 0 Å². The summed E-state index contributed by atoms with van der Waals surface area (Å²) in [6.45, 7) is 0.164. The third-order valence-electron chi connectivity index (χ3n) is 4.34. The van der Waals surface area contributed by atoms with Crippen molar-refractivity contribution >= 4 is 29.3 Å². The average molecular weight is 408 g/mol. The number of amides is 2. The molecule has 0 bridgehead atoms. The minimum Gasteiger partial charge on any atom is -0.468 e. The van der Waals surface area contributed by atoms with Gasteiger partial charge in [-0.2, -0.15) is 0 Å². The maximum Gasteiger partial charge on any atom is 0.278 e. The Bertz CT molecular complexity index is 1060. The summed E-state index contributed by atoms with van der Waals surface area (Å²) in [4.78, 5) is 27.5. The lowest BCUT2D eigenvalue weighted by Crippen LogP contribution is -2.31. The third-order valence-corrected chi connectivity index (χ3v) is 5.44. The quantitative estimate of drug-likeness (QED) is 0.582. The van der Waals surface area contributed by atoms with Gasteiger partial charge >= 0.3 is 0 Å². The molecule has 29 heavy (non-hydrogen) atoms. The predicted molar refractivity (Wildman–Crippen MR) is 109 cm³/mol. The number of anilines is 1. The van der Waals surface area contributed by atoms with E-state index in [1.165, 1.54) is 34.9 Å². The van der Waals surface area contributed by atoms with Crippen LogP contribution in [0.1, 0.15) is 11.3 Å². The van der Waals surface area contributed by atoms with Crippen LogP contribution in [0.5, 0.6) is 0 Å². The van der Waals surface area contributed by atoms with E-state index in [0.29, 0.717) is 17.2 Å². The van der Waals surface area contributed by atoms with Crippen LogP contribution in [0.25, 0.3) is 0 Å². The molecule has 1 aliphatic heterocycles. The van der Waals surface area contributed by atoms with Crippen molar-refractivity contribution in [2.24, 2.45) is 0 Å². The first kappa shape index (κ1) is 19.0. The minimum atomic E-state index is -0.440. The third kappa shape index (κ3) is 4.25. The van der Waals surface area contributed by atoms with Crippen molar-refractivity contribution in [2.45, 2.75) is 12.3 Å². The van der Waals surface area contributed by atoms with E-state index in [-0.39, 0.29) is 23.1 Å². The standard InChI is InChI=1S/C22H17FN2O3S/c23-16-8-4-9-17(12-16)24-19-20(29-14-18-10-5-11-28-18)22(27)25(21(19)26)13-15-6-2-1-3-7-15/h1-12,24H,13-14H2. The summed E-state index contributed by atoms with van der Waals surface area (Å²) >= 11 is 1.22. The zero-order valence-corrected chi connectivity index (χ0v) is 16.1. The van der Waals surface area contributed by atoms with Gasteiger partial charge in [0.15, 0.2) is 0 Å². The van der Waals surface area contributed by atoms with Crippen molar-refractivity contribution in [2.75, 3.05) is 5.32 Å². The second kappa shape index (κ2) is 8.36. The molecule has 0 aliphatic carbocycles. The van der Waals surface area contributed by atoms with Crippen molar-refractivity contribution in [1.82, 2.24) is 4.90 Å². The smallest absolute Gasteiger partial charge is 0.278 e. The Morgan fingerprint density at radius 1 is 0.966 bits per heavy atom. The normalized spacial score (nSPS) is 14.0. The molecule has 0 radical (unpaired) electrons. The maximum absolute atomic E-state index is 13.6. The number of nitrogens with one attached hydrogen (secondary N) is 1. The van der Waals surface area contributed by atoms with Crippen LogP contribution < -0.4 is 5.32 Å². The molecule has 2 heterocycles. The first-order valence-electron chi connectivity index (χ1n) is 8.94. The van der Waals surface area contributed by atoms with Crippen molar-refractivity contribution in [3.05, 3.63) is 101 Å². The molecule has 0 atom stereocenters. The molecule has 0 fully saturated rings. The number of rotatable bonds is 7. The van der Waals surface area contributed by atoms with Gasteiger partial charge in [0.25, 0.3) is 11.8 Å². The van der Waals surface area contributed by atoms with E-state index in [9.17, 15) is 14.0 Å². The molecule has 7 heteroatoms. The molecular weight excluding hydrogens is 391 g/mol. The number of nitrogens with zero attached hydrogens (tertiary/aromatic N) is 1. The Hall–Kier alpha value is -3.32. The summed E-state index contributed by atoms with van der Waals surface area (Å²) in [6, 6.07) is 18.6. The summed E-state index contributed by atoms with van der Waals surface area (Å²) in [6.07, 6.45) is 1.56. The zero-order chi connectivity index (χ0) is 20.2. The van der Waals surface area contributed by atoms with Crippen LogP contribution in [-0.4, -0.2) is 16.7 Å². The topological polar surface area (TPSA) is 62.6 Å². The van der Waals surface area contributed by atoms with E-state index in [1.54, 1.807) is 24.5 Å².